The Bertz CT molecular complexity index is 1170. The molecule has 0 unspecified atom stereocenters. The van der Waals surface area contributed by atoms with Gasteiger partial charge in [0.1, 0.15) is 5.82 Å². The highest BCUT2D eigenvalue weighted by molar-refractivity contribution is 5.95. The Morgan fingerprint density at radius 2 is 2.03 bits per heavy atom. The summed E-state index contributed by atoms with van der Waals surface area (Å²) in [5, 5.41) is 15.5. The molecule has 33 heavy (non-hydrogen) atoms. The second kappa shape index (κ2) is 9.92. The van der Waals surface area contributed by atoms with Gasteiger partial charge in [-0.3, -0.25) is 14.6 Å². The van der Waals surface area contributed by atoms with E-state index in [-0.39, 0.29) is 18.4 Å². The number of aromatic nitrogens is 1. The predicted octanol–water partition coefficient (Wildman–Crippen LogP) is 3.84. The number of nitrogens with one attached hydrogen (secondary N) is 2. The molecule has 2 atom stereocenters. The Morgan fingerprint density at radius 3 is 2.79 bits per heavy atom. The van der Waals surface area contributed by atoms with Crippen LogP contribution in [0.4, 0.5) is 10.1 Å². The van der Waals surface area contributed by atoms with E-state index in [0.717, 1.165) is 22.3 Å². The molecule has 4 rings (SSSR count). The molecule has 7 heteroatoms. The van der Waals surface area contributed by atoms with Crippen LogP contribution in [0.25, 0.3) is 0 Å². The van der Waals surface area contributed by atoms with Gasteiger partial charge in [0.2, 0.25) is 5.91 Å². The van der Waals surface area contributed by atoms with Crippen molar-refractivity contribution in [1.82, 2.24) is 10.3 Å². The Hall–Kier alpha value is -3.58. The molecule has 1 aliphatic heterocycles. The molecule has 2 heterocycles. The van der Waals surface area contributed by atoms with E-state index >= 15 is 0 Å². The van der Waals surface area contributed by atoms with Crippen LogP contribution < -0.4 is 10.6 Å². The van der Waals surface area contributed by atoms with Gasteiger partial charge < -0.3 is 15.7 Å². The Kier molecular flexibility index (Phi) is 6.79. The van der Waals surface area contributed by atoms with E-state index in [2.05, 4.69) is 15.6 Å². The number of carboxylic acid groups (broad SMARTS) is 1. The number of benzene rings is 2. The number of rotatable bonds is 8. The van der Waals surface area contributed by atoms with E-state index in [0.29, 0.717) is 30.8 Å². The van der Waals surface area contributed by atoms with Crippen molar-refractivity contribution in [2.45, 2.75) is 32.2 Å². The molecule has 6 nitrogen and oxygen atoms in total. The van der Waals surface area contributed by atoms with Gasteiger partial charge in [0.05, 0.1) is 29.9 Å². The van der Waals surface area contributed by atoms with Crippen molar-refractivity contribution < 1.29 is 19.1 Å². The highest BCUT2D eigenvalue weighted by atomic mass is 19.1. The maximum atomic E-state index is 13.5. The van der Waals surface area contributed by atoms with Crippen LogP contribution in [0.5, 0.6) is 0 Å². The lowest BCUT2D eigenvalue weighted by Gasteiger charge is -2.31. The van der Waals surface area contributed by atoms with Crippen molar-refractivity contribution >= 4 is 17.6 Å². The number of aryl methyl sites for hydroxylation is 1. The van der Waals surface area contributed by atoms with Crippen LogP contribution in [0.15, 0.2) is 60.8 Å². The zero-order chi connectivity index (χ0) is 23.4. The number of halogens is 1. The van der Waals surface area contributed by atoms with Crippen molar-refractivity contribution in [2.24, 2.45) is 5.92 Å². The molecule has 2 aromatic carbocycles. The summed E-state index contributed by atoms with van der Waals surface area (Å²) in [5.74, 6) is -1.91. The van der Waals surface area contributed by atoms with Gasteiger partial charge in [0, 0.05) is 18.5 Å². The molecule has 3 aromatic rings. The Balaban J connectivity index is 1.51. The van der Waals surface area contributed by atoms with Crippen LogP contribution in [0.3, 0.4) is 0 Å². The minimum absolute atomic E-state index is 0.00497. The average Bonchev–Trinajstić information content (AvgIpc) is 2.79. The number of aliphatic carboxylic acids is 1. The molecule has 0 aliphatic carbocycles. The van der Waals surface area contributed by atoms with E-state index in [1.165, 1.54) is 12.3 Å². The highest BCUT2D eigenvalue weighted by Crippen LogP contribution is 2.32. The van der Waals surface area contributed by atoms with E-state index in [4.69, 9.17) is 5.11 Å². The van der Waals surface area contributed by atoms with Crippen molar-refractivity contribution in [2.75, 3.05) is 11.9 Å². The molecule has 0 spiro atoms. The van der Waals surface area contributed by atoms with E-state index in [1.54, 1.807) is 0 Å². The topological polar surface area (TPSA) is 91.3 Å². The highest BCUT2D eigenvalue weighted by Gasteiger charge is 2.34. The first-order valence-corrected chi connectivity index (χ1v) is 10.9. The van der Waals surface area contributed by atoms with Crippen molar-refractivity contribution in [3.05, 3.63) is 94.6 Å². The van der Waals surface area contributed by atoms with Gasteiger partial charge in [-0.25, -0.2) is 4.39 Å². The quantitative estimate of drug-likeness (QED) is 0.488. The van der Waals surface area contributed by atoms with E-state index in [1.807, 2.05) is 55.5 Å². The first kappa shape index (κ1) is 22.6. The van der Waals surface area contributed by atoms with Gasteiger partial charge in [-0.2, -0.15) is 0 Å². The van der Waals surface area contributed by atoms with E-state index in [9.17, 15) is 14.0 Å². The summed E-state index contributed by atoms with van der Waals surface area (Å²) in [6, 6.07) is 16.7. The lowest BCUT2D eigenvalue weighted by Crippen LogP contribution is -2.41. The molecule has 0 radical (unpaired) electrons. The summed E-state index contributed by atoms with van der Waals surface area (Å²) in [5.41, 5.74) is 4.87. The normalized spacial score (nSPS) is 16.1. The van der Waals surface area contributed by atoms with Crippen molar-refractivity contribution in [1.29, 1.82) is 0 Å². The van der Waals surface area contributed by atoms with Crippen molar-refractivity contribution in [3.63, 3.8) is 0 Å². The molecule has 0 bridgehead atoms. The zero-order valence-corrected chi connectivity index (χ0v) is 18.3. The van der Waals surface area contributed by atoms with Crippen LogP contribution in [0, 0.1) is 18.7 Å². The number of carbonyl (C=O) groups is 2. The second-order valence-electron chi connectivity index (χ2n) is 8.37. The fourth-order valence-electron chi connectivity index (χ4n) is 4.29. The third kappa shape index (κ3) is 5.43. The third-order valence-electron chi connectivity index (χ3n) is 6.04. The van der Waals surface area contributed by atoms with Crippen LogP contribution in [0.2, 0.25) is 0 Å². The molecular weight excluding hydrogens is 421 g/mol. The lowest BCUT2D eigenvalue weighted by molar-refractivity contribution is -0.136. The first-order chi connectivity index (χ1) is 15.9. The van der Waals surface area contributed by atoms with Gasteiger partial charge in [-0.05, 0) is 42.1 Å². The van der Waals surface area contributed by atoms with Crippen LogP contribution >= 0.6 is 0 Å². The minimum atomic E-state index is -0.852. The Morgan fingerprint density at radius 1 is 1.24 bits per heavy atom. The number of hydrogen-bond donors (Lipinski definition) is 3. The first-order valence-electron chi connectivity index (χ1n) is 10.9. The summed E-state index contributed by atoms with van der Waals surface area (Å²) in [4.78, 5) is 28.3. The number of fused-ring (bicyclic) bond motifs is 1. The van der Waals surface area contributed by atoms with Crippen molar-refractivity contribution in [3.8, 4) is 0 Å². The summed E-state index contributed by atoms with van der Waals surface area (Å²) in [6.45, 7) is 2.51. The van der Waals surface area contributed by atoms with Gasteiger partial charge >= 0.3 is 5.97 Å². The van der Waals surface area contributed by atoms with Crippen LogP contribution in [0.1, 0.15) is 34.0 Å². The number of pyridine rings is 1. The lowest BCUT2D eigenvalue weighted by atomic mass is 9.85. The Labute approximate surface area is 191 Å². The van der Waals surface area contributed by atoms with Gasteiger partial charge in [0.15, 0.2) is 0 Å². The fourth-order valence-corrected chi connectivity index (χ4v) is 4.29. The number of hydrogen-bond acceptors (Lipinski definition) is 4. The predicted molar refractivity (Wildman–Crippen MR) is 123 cm³/mol. The average molecular weight is 448 g/mol. The summed E-state index contributed by atoms with van der Waals surface area (Å²) in [7, 11) is 0. The van der Waals surface area contributed by atoms with Crippen LogP contribution in [-0.2, 0) is 28.9 Å². The second-order valence-corrected chi connectivity index (χ2v) is 8.37. The number of nitrogens with zero attached hydrogens (tertiary/aromatic N) is 1. The SMILES string of the molecule is Cc1ccc(CCN[C@H](c2ccccc2)[C@H]2Cc3ncc(F)cc3NC2=O)cc1CC(=O)O. The summed E-state index contributed by atoms with van der Waals surface area (Å²) >= 11 is 0. The molecule has 0 saturated carbocycles. The third-order valence-corrected chi connectivity index (χ3v) is 6.04. The zero-order valence-electron chi connectivity index (χ0n) is 18.3. The summed E-state index contributed by atoms with van der Waals surface area (Å²) < 4.78 is 13.5. The van der Waals surface area contributed by atoms with Gasteiger partial charge in [-0.15, -0.1) is 0 Å². The molecule has 170 valence electrons. The number of anilines is 1. The number of amides is 1. The molecular formula is C26H26FN3O3. The number of carboxylic acids is 1. The molecule has 0 fully saturated rings. The smallest absolute Gasteiger partial charge is 0.307 e. The minimum Gasteiger partial charge on any atom is -0.481 e. The monoisotopic (exact) mass is 447 g/mol. The van der Waals surface area contributed by atoms with Crippen LogP contribution in [-0.4, -0.2) is 28.5 Å². The maximum Gasteiger partial charge on any atom is 0.307 e. The molecule has 0 saturated heterocycles. The van der Waals surface area contributed by atoms with Gasteiger partial charge in [-0.1, -0.05) is 48.5 Å². The van der Waals surface area contributed by atoms with Gasteiger partial charge in [0.25, 0.3) is 0 Å². The molecule has 1 amide bonds. The maximum absolute atomic E-state index is 13.5. The standard InChI is InChI=1S/C26H26FN3O3/c1-16-7-8-17(11-19(16)12-24(31)32)9-10-28-25(18-5-3-2-4-6-18)21-14-22-23(30-26(21)33)13-20(27)15-29-22/h2-8,11,13,15,21,25,28H,9-10,12,14H2,1H3,(H,30,33)(H,31,32)/t21-,25-/m1/s1. The number of carbonyl (C=O) groups excluding carboxylic acids is 1. The molecule has 1 aromatic heterocycles. The largest absolute Gasteiger partial charge is 0.481 e. The molecule has 1 aliphatic rings. The fraction of sp³-hybridized carbons (Fsp3) is 0.269. The molecule has 3 N–H and O–H groups in total. The van der Waals surface area contributed by atoms with E-state index < -0.39 is 17.7 Å². The summed E-state index contributed by atoms with van der Waals surface area (Å²) in [6.07, 6.45) is 2.26.